The minimum absolute atomic E-state index is 0.255. The van der Waals surface area contributed by atoms with Crippen molar-refractivity contribution in [3.63, 3.8) is 0 Å². The predicted octanol–water partition coefficient (Wildman–Crippen LogP) is 1.84. The molecule has 1 N–H and O–H groups in total. The van der Waals surface area contributed by atoms with Crippen molar-refractivity contribution in [2.75, 3.05) is 18.5 Å². The molecule has 1 aliphatic heterocycles. The molecule has 2 heterocycles. The van der Waals surface area contributed by atoms with Gasteiger partial charge in [-0.15, -0.1) is 0 Å². The molecule has 1 aromatic rings. The highest BCUT2D eigenvalue weighted by atomic mass is 16.5. The van der Waals surface area contributed by atoms with Crippen molar-refractivity contribution in [2.24, 2.45) is 5.92 Å². The summed E-state index contributed by atoms with van der Waals surface area (Å²) in [7, 11) is 1.65. The Labute approximate surface area is 113 Å². The van der Waals surface area contributed by atoms with Crippen LogP contribution in [0.2, 0.25) is 0 Å². The first kappa shape index (κ1) is 13.9. The molecule has 6 nitrogen and oxygen atoms in total. The topological polar surface area (TPSA) is 69.8 Å². The number of carbonyl (C=O) groups excluding carboxylic acids is 1. The fourth-order valence-electron chi connectivity index (χ4n) is 2.09. The van der Waals surface area contributed by atoms with Gasteiger partial charge in [-0.25, -0.2) is 9.69 Å². The summed E-state index contributed by atoms with van der Waals surface area (Å²) in [4.78, 5) is 14.6. The number of likely N-dealkylation sites (N-methyl/N-ethyl adjacent to an activating group) is 1. The van der Waals surface area contributed by atoms with Crippen molar-refractivity contribution in [1.29, 1.82) is 0 Å². The Hall–Kier alpha value is -1.56. The summed E-state index contributed by atoms with van der Waals surface area (Å²) in [6.07, 6.45) is 2.11. The summed E-state index contributed by atoms with van der Waals surface area (Å²) in [5.74, 6) is 1.78. The third kappa shape index (κ3) is 2.89. The number of nitrogens with zero attached hydrogens (tertiary/aromatic N) is 3. The third-order valence-corrected chi connectivity index (χ3v) is 3.64. The van der Waals surface area contributed by atoms with Crippen molar-refractivity contribution >= 4 is 11.8 Å². The molecule has 2 rings (SSSR count). The average Bonchev–Trinajstić information content (AvgIpc) is 2.92. The fraction of sp³-hybridized carbons (Fsp3) is 0.692. The van der Waals surface area contributed by atoms with Crippen LogP contribution in [0.15, 0.2) is 10.6 Å². The van der Waals surface area contributed by atoms with Crippen molar-refractivity contribution in [3.8, 4) is 0 Å². The van der Waals surface area contributed by atoms with E-state index in [0.29, 0.717) is 11.7 Å². The van der Waals surface area contributed by atoms with Gasteiger partial charge in [-0.3, -0.25) is 0 Å². The van der Waals surface area contributed by atoms with E-state index < -0.39 is 6.23 Å². The Kier molecular flexibility index (Phi) is 4.09. The summed E-state index contributed by atoms with van der Waals surface area (Å²) >= 11 is 0. The molecule has 0 spiro atoms. The molecule has 1 fully saturated rings. The number of hydrogen-bond donors (Lipinski definition) is 1. The van der Waals surface area contributed by atoms with Crippen molar-refractivity contribution < 1.29 is 14.4 Å². The zero-order chi connectivity index (χ0) is 14.0. The molecule has 2 atom stereocenters. The monoisotopic (exact) mass is 267 g/mol. The first-order valence-corrected chi connectivity index (χ1v) is 6.71. The Bertz CT molecular complexity index is 446. The first-order valence-electron chi connectivity index (χ1n) is 6.71. The fourth-order valence-corrected chi connectivity index (χ4v) is 2.09. The van der Waals surface area contributed by atoms with E-state index in [2.05, 4.69) is 19.0 Å². The summed E-state index contributed by atoms with van der Waals surface area (Å²) in [5.41, 5.74) is 0. The molecular formula is C13H21N3O3. The van der Waals surface area contributed by atoms with Gasteiger partial charge in [0, 0.05) is 19.5 Å². The SMILES string of the molecule is CCC(C)CCc1cc(N2C(=O)N(C)CC2O)no1. The molecule has 1 saturated heterocycles. The van der Waals surface area contributed by atoms with E-state index in [1.807, 2.05) is 0 Å². The Balaban J connectivity index is 2.03. The van der Waals surface area contributed by atoms with Crippen molar-refractivity contribution in [1.82, 2.24) is 10.1 Å². The van der Waals surface area contributed by atoms with Crippen LogP contribution in [-0.2, 0) is 6.42 Å². The number of aromatic nitrogens is 1. The molecule has 6 heteroatoms. The maximum atomic E-state index is 11.8. The third-order valence-electron chi connectivity index (χ3n) is 3.64. The quantitative estimate of drug-likeness (QED) is 0.883. The van der Waals surface area contributed by atoms with Crippen LogP contribution >= 0.6 is 0 Å². The lowest BCUT2D eigenvalue weighted by atomic mass is 10.0. The lowest BCUT2D eigenvalue weighted by Gasteiger charge is -2.14. The first-order chi connectivity index (χ1) is 9.02. The van der Waals surface area contributed by atoms with Gasteiger partial charge in [0.1, 0.15) is 5.76 Å². The van der Waals surface area contributed by atoms with Gasteiger partial charge in [-0.2, -0.15) is 0 Å². The molecule has 0 radical (unpaired) electrons. The lowest BCUT2D eigenvalue weighted by Crippen LogP contribution is -2.34. The molecule has 106 valence electrons. The van der Waals surface area contributed by atoms with Gasteiger partial charge in [0.2, 0.25) is 0 Å². The van der Waals surface area contributed by atoms with Gasteiger partial charge < -0.3 is 14.5 Å². The van der Waals surface area contributed by atoms with Crippen LogP contribution in [0.1, 0.15) is 32.4 Å². The van der Waals surface area contributed by atoms with Gasteiger partial charge in [-0.05, 0) is 12.3 Å². The Morgan fingerprint density at radius 3 is 2.95 bits per heavy atom. The number of urea groups is 1. The van der Waals surface area contributed by atoms with Crippen LogP contribution in [0.4, 0.5) is 10.6 Å². The van der Waals surface area contributed by atoms with E-state index in [1.54, 1.807) is 13.1 Å². The number of aryl methyl sites for hydroxylation is 1. The van der Waals surface area contributed by atoms with Gasteiger partial charge in [0.15, 0.2) is 12.0 Å². The highest BCUT2D eigenvalue weighted by Gasteiger charge is 2.36. The molecule has 2 unspecified atom stereocenters. The number of amides is 2. The van der Waals surface area contributed by atoms with Crippen LogP contribution in [0.25, 0.3) is 0 Å². The van der Waals surface area contributed by atoms with Crippen LogP contribution in [-0.4, -0.2) is 41.0 Å². The Morgan fingerprint density at radius 2 is 2.37 bits per heavy atom. The van der Waals surface area contributed by atoms with Crippen molar-refractivity contribution in [2.45, 2.75) is 39.3 Å². The summed E-state index contributed by atoms with van der Waals surface area (Å²) in [6.45, 7) is 4.64. The second kappa shape index (κ2) is 5.61. The largest absolute Gasteiger partial charge is 0.371 e. The summed E-state index contributed by atoms with van der Waals surface area (Å²) in [6, 6.07) is 1.48. The van der Waals surface area contributed by atoms with E-state index in [0.717, 1.165) is 25.0 Å². The number of aliphatic hydroxyl groups is 1. The molecule has 0 aromatic carbocycles. The number of β-amino-alcohol motifs (C(OH)–C–C–N with tert-alkyl or cyclic N) is 1. The molecule has 1 aromatic heterocycles. The zero-order valence-corrected chi connectivity index (χ0v) is 11.7. The van der Waals surface area contributed by atoms with E-state index in [4.69, 9.17) is 4.52 Å². The van der Waals surface area contributed by atoms with Crippen molar-refractivity contribution in [3.05, 3.63) is 11.8 Å². The second-order valence-electron chi connectivity index (χ2n) is 5.22. The van der Waals surface area contributed by atoms with Gasteiger partial charge in [-0.1, -0.05) is 25.4 Å². The molecule has 0 saturated carbocycles. The van der Waals surface area contributed by atoms with E-state index in [1.165, 1.54) is 9.80 Å². The molecule has 19 heavy (non-hydrogen) atoms. The van der Waals surface area contributed by atoms with Crippen LogP contribution in [0.5, 0.6) is 0 Å². The molecular weight excluding hydrogens is 246 g/mol. The summed E-state index contributed by atoms with van der Waals surface area (Å²) < 4.78 is 5.23. The molecule has 0 bridgehead atoms. The maximum absolute atomic E-state index is 11.8. The van der Waals surface area contributed by atoms with Crippen LogP contribution in [0, 0.1) is 5.92 Å². The highest BCUT2D eigenvalue weighted by Crippen LogP contribution is 2.23. The highest BCUT2D eigenvalue weighted by molar-refractivity contribution is 5.93. The number of carbonyl (C=O) groups is 1. The molecule has 2 amide bonds. The van der Waals surface area contributed by atoms with Crippen LogP contribution in [0.3, 0.4) is 0 Å². The minimum Gasteiger partial charge on any atom is -0.371 e. The normalized spacial score (nSPS) is 21.3. The van der Waals surface area contributed by atoms with Gasteiger partial charge in [0.25, 0.3) is 0 Å². The minimum atomic E-state index is -0.856. The van der Waals surface area contributed by atoms with E-state index >= 15 is 0 Å². The lowest BCUT2D eigenvalue weighted by molar-refractivity contribution is 0.182. The number of hydrogen-bond acceptors (Lipinski definition) is 4. The number of anilines is 1. The number of aliphatic hydroxyl groups excluding tert-OH is 1. The van der Waals surface area contributed by atoms with E-state index in [-0.39, 0.29) is 12.6 Å². The Morgan fingerprint density at radius 1 is 1.63 bits per heavy atom. The smallest absolute Gasteiger partial charge is 0.327 e. The van der Waals surface area contributed by atoms with Gasteiger partial charge >= 0.3 is 6.03 Å². The van der Waals surface area contributed by atoms with Crippen LogP contribution < -0.4 is 4.90 Å². The standard InChI is InChI=1S/C13H21N3O3/c1-4-9(2)5-6-10-7-11(14-19-10)16-12(17)8-15(3)13(16)18/h7,9,12,17H,4-6,8H2,1-3H3. The van der Waals surface area contributed by atoms with E-state index in [9.17, 15) is 9.90 Å². The molecule has 1 aliphatic rings. The predicted molar refractivity (Wildman–Crippen MR) is 70.8 cm³/mol. The maximum Gasteiger partial charge on any atom is 0.327 e. The second-order valence-corrected chi connectivity index (χ2v) is 5.22. The number of rotatable bonds is 5. The average molecular weight is 267 g/mol. The van der Waals surface area contributed by atoms with Gasteiger partial charge in [0.05, 0.1) is 6.54 Å². The summed E-state index contributed by atoms with van der Waals surface area (Å²) in [5, 5.41) is 13.7. The zero-order valence-electron chi connectivity index (χ0n) is 11.7. The molecule has 0 aliphatic carbocycles.